The Kier molecular flexibility index (Phi) is 23.2. The maximum Gasteiger partial charge on any atom is 0.322 e. The third-order valence-corrected chi connectivity index (χ3v) is 10.8. The molecule has 0 saturated carbocycles. The number of hydrogen-bond donors (Lipinski definition) is 15. The van der Waals surface area contributed by atoms with Gasteiger partial charge < -0.3 is 80.0 Å². The molecule has 0 unspecified atom stereocenters. The number of aliphatic carboxylic acids is 1. The molecule has 10 amide bonds. The highest BCUT2D eigenvalue weighted by atomic mass is 16.4. The Bertz CT molecular complexity index is 2410. The van der Waals surface area contributed by atoms with E-state index in [1.807, 2.05) is 0 Å². The average molecular weight is 1010 g/mol. The summed E-state index contributed by atoms with van der Waals surface area (Å²) < 4.78 is 0. The molecule has 2 aromatic carbocycles. The van der Waals surface area contributed by atoms with Gasteiger partial charge in [-0.1, -0.05) is 62.4 Å². The normalized spacial score (nSPS) is 14.4. The van der Waals surface area contributed by atoms with Gasteiger partial charge in [0, 0.05) is 36.4 Å². The molecule has 3 aromatic rings. The first-order valence-electron chi connectivity index (χ1n) is 22.8. The number of amides is 10. The minimum atomic E-state index is -1.84. The van der Waals surface area contributed by atoms with Crippen molar-refractivity contribution < 1.29 is 68.1 Å². The van der Waals surface area contributed by atoms with Crippen LogP contribution in [0.3, 0.4) is 0 Å². The number of H-pyrrole nitrogens is 1. The molecule has 1 aromatic heterocycles. The Hall–Kier alpha value is -7.97. The van der Waals surface area contributed by atoms with Crippen LogP contribution in [0.4, 0.5) is 0 Å². The second-order valence-corrected chi connectivity index (χ2v) is 17.3. The number of aliphatic hydroxyl groups is 2. The predicted molar refractivity (Wildman–Crippen MR) is 256 cm³/mol. The molecule has 0 aliphatic rings. The molecule has 3 rings (SSSR count). The van der Waals surface area contributed by atoms with Gasteiger partial charge in [0.05, 0.1) is 31.7 Å². The first kappa shape index (κ1) is 58.3. The summed E-state index contributed by atoms with van der Waals surface area (Å²) in [5, 5.41) is 49.2. The van der Waals surface area contributed by atoms with Gasteiger partial charge in [-0.05, 0) is 42.9 Å². The first-order valence-corrected chi connectivity index (χ1v) is 22.8. The number of nitrogens with two attached hydrogens (primary N) is 3. The van der Waals surface area contributed by atoms with Crippen molar-refractivity contribution in [3.63, 3.8) is 0 Å². The number of aromatic nitrogens is 1. The van der Waals surface area contributed by atoms with Gasteiger partial charge in [0.15, 0.2) is 0 Å². The van der Waals surface area contributed by atoms with Gasteiger partial charge >= 0.3 is 5.97 Å². The number of rotatable bonds is 30. The molecule has 1 heterocycles. The van der Waals surface area contributed by atoms with E-state index >= 15 is 0 Å². The van der Waals surface area contributed by atoms with Crippen LogP contribution < -0.4 is 59.7 Å². The van der Waals surface area contributed by atoms with Gasteiger partial charge in [-0.15, -0.1) is 0 Å². The molecule has 0 saturated heterocycles. The van der Waals surface area contributed by atoms with Crippen molar-refractivity contribution >= 4 is 75.9 Å². The SMILES string of the molecule is CC(C)C[C@H](NC(=O)[C@@H](N)CCC(N)=O)C(=O)N[C@@H](CC(N)=O)C(=O)N[C@@H](Cc1ccccc1)C(=O)N[C@@H](CO)C(=O)N[C@H](C(=O)NCC(=O)N[C@@H](Cc1c[nH]c2ccccc12)C(=O)NCC(=O)O)[C@@H](C)O. The summed E-state index contributed by atoms with van der Waals surface area (Å²) in [5.74, 6) is -11.3. The number of fused-ring (bicyclic) bond motifs is 1. The number of aromatic amines is 1. The largest absolute Gasteiger partial charge is 0.480 e. The van der Waals surface area contributed by atoms with Crippen molar-refractivity contribution in [2.45, 2.75) is 108 Å². The van der Waals surface area contributed by atoms with Crippen LogP contribution in [-0.4, -0.2) is 153 Å². The number of para-hydroxylation sites is 1. The van der Waals surface area contributed by atoms with Gasteiger partial charge in [0.25, 0.3) is 0 Å². The number of carbonyl (C=O) groups excluding carboxylic acids is 10. The van der Waals surface area contributed by atoms with Crippen LogP contribution in [0.15, 0.2) is 60.8 Å². The molecule has 392 valence electrons. The van der Waals surface area contributed by atoms with Gasteiger partial charge in [-0.25, -0.2) is 0 Å². The van der Waals surface area contributed by atoms with E-state index in [9.17, 15) is 63.0 Å². The quantitative estimate of drug-likeness (QED) is 0.0298. The number of benzene rings is 2. The summed E-state index contributed by atoms with van der Waals surface area (Å²) in [7, 11) is 0. The van der Waals surface area contributed by atoms with Crippen molar-refractivity contribution in [3.8, 4) is 0 Å². The standard InChI is InChI=1S/C46H64N12O14/c1-23(2)15-30(54-40(66)28(47)13-14-35(48)61)42(68)56-33(18-36(49)62)44(70)55-31(16-25-9-5-4-6-10-25)43(69)57-34(22-59)45(71)58-39(24(3)60)46(72)51-20-37(63)53-32(41(67)52-21-38(64)65)17-26-19-50-29-12-8-7-11-27(26)29/h4-12,19,23-24,28,30-34,39,50,59-60H,13-18,20-22,47H2,1-3H3,(H2,48,61)(H2,49,62)(H,51,72)(H,52,67)(H,53,63)(H,54,66)(H,55,70)(H,56,68)(H,57,69)(H,58,71)(H,64,65)/t24-,28+,30+,31+,32+,33+,34+,39+/m1/s1. The fourth-order valence-corrected chi connectivity index (χ4v) is 7.09. The zero-order valence-electron chi connectivity index (χ0n) is 39.9. The molecular weight excluding hydrogens is 945 g/mol. The first-order chi connectivity index (χ1) is 34.0. The number of aliphatic hydroxyl groups excluding tert-OH is 2. The van der Waals surface area contributed by atoms with E-state index in [0.29, 0.717) is 11.1 Å². The summed E-state index contributed by atoms with van der Waals surface area (Å²) in [4.78, 5) is 145. The lowest BCUT2D eigenvalue weighted by molar-refractivity contribution is -0.138. The number of carboxylic acids is 1. The van der Waals surface area contributed by atoms with Gasteiger partial charge in [0.2, 0.25) is 59.1 Å². The second kappa shape index (κ2) is 28.6. The van der Waals surface area contributed by atoms with Crippen LogP contribution >= 0.6 is 0 Å². The lowest BCUT2D eigenvalue weighted by atomic mass is 10.0. The molecule has 0 radical (unpaired) electrons. The lowest BCUT2D eigenvalue weighted by Gasteiger charge is -2.27. The molecule has 0 aliphatic heterocycles. The van der Waals surface area contributed by atoms with Gasteiger partial charge in [0.1, 0.15) is 42.8 Å². The number of nitrogens with one attached hydrogen (secondary N) is 9. The summed E-state index contributed by atoms with van der Waals surface area (Å²) in [5.41, 5.74) is 18.3. The summed E-state index contributed by atoms with van der Waals surface area (Å²) >= 11 is 0. The Morgan fingerprint density at radius 2 is 1.17 bits per heavy atom. The third kappa shape index (κ3) is 19.4. The third-order valence-electron chi connectivity index (χ3n) is 10.8. The molecule has 26 heteroatoms. The highest BCUT2D eigenvalue weighted by molar-refractivity contribution is 5.99. The summed E-state index contributed by atoms with van der Waals surface area (Å²) in [6.45, 7) is 1.97. The van der Waals surface area contributed by atoms with Crippen LogP contribution in [0.25, 0.3) is 10.9 Å². The summed E-state index contributed by atoms with van der Waals surface area (Å²) in [6.07, 6.45) is -1.44. The number of carboxylic acid groups (broad SMARTS) is 1. The minimum Gasteiger partial charge on any atom is -0.480 e. The molecule has 0 aliphatic carbocycles. The second-order valence-electron chi connectivity index (χ2n) is 17.3. The predicted octanol–water partition coefficient (Wildman–Crippen LogP) is -4.93. The van der Waals surface area contributed by atoms with E-state index in [4.69, 9.17) is 22.3 Å². The fourth-order valence-electron chi connectivity index (χ4n) is 7.09. The Morgan fingerprint density at radius 1 is 0.611 bits per heavy atom. The minimum absolute atomic E-state index is 0.0345. The molecule has 8 atom stereocenters. The molecule has 26 nitrogen and oxygen atoms in total. The topological polar surface area (TPSA) is 439 Å². The van der Waals surface area contributed by atoms with Crippen molar-refractivity contribution in [1.82, 2.24) is 47.5 Å². The molecule has 0 spiro atoms. The molecule has 0 fully saturated rings. The van der Waals surface area contributed by atoms with Crippen molar-refractivity contribution in [2.24, 2.45) is 23.1 Å². The molecule has 18 N–H and O–H groups in total. The van der Waals surface area contributed by atoms with Crippen LogP contribution in [0, 0.1) is 5.92 Å². The average Bonchev–Trinajstić information content (AvgIpc) is 3.73. The number of carbonyl (C=O) groups is 11. The monoisotopic (exact) mass is 1010 g/mol. The summed E-state index contributed by atoms with van der Waals surface area (Å²) in [6, 6.07) is 4.45. The van der Waals surface area contributed by atoms with E-state index in [1.54, 1.807) is 74.6 Å². The Labute approximate surface area is 413 Å². The van der Waals surface area contributed by atoms with Crippen LogP contribution in [0.2, 0.25) is 0 Å². The van der Waals surface area contributed by atoms with Crippen molar-refractivity contribution in [3.05, 3.63) is 71.9 Å². The molecule has 0 bridgehead atoms. The fraction of sp³-hybridized carbons (Fsp3) is 0.457. The maximum absolute atomic E-state index is 13.9. The van der Waals surface area contributed by atoms with E-state index < -0.39 is 140 Å². The van der Waals surface area contributed by atoms with Crippen LogP contribution in [0.1, 0.15) is 57.6 Å². The van der Waals surface area contributed by atoms with E-state index in [-0.39, 0.29) is 38.0 Å². The highest BCUT2D eigenvalue weighted by Gasteiger charge is 2.35. The Morgan fingerprint density at radius 3 is 1.78 bits per heavy atom. The molecular formula is C46H64N12O14. The smallest absolute Gasteiger partial charge is 0.322 e. The van der Waals surface area contributed by atoms with Crippen LogP contribution in [-0.2, 0) is 65.6 Å². The van der Waals surface area contributed by atoms with Crippen molar-refractivity contribution in [1.29, 1.82) is 0 Å². The number of primary amides is 2. The van der Waals surface area contributed by atoms with Crippen molar-refractivity contribution in [2.75, 3.05) is 19.7 Å². The zero-order chi connectivity index (χ0) is 53.7. The maximum atomic E-state index is 13.9. The van der Waals surface area contributed by atoms with Crippen LogP contribution in [0.5, 0.6) is 0 Å². The van der Waals surface area contributed by atoms with E-state index in [0.717, 1.165) is 17.8 Å². The van der Waals surface area contributed by atoms with E-state index in [1.165, 1.54) is 0 Å². The van der Waals surface area contributed by atoms with E-state index in [2.05, 4.69) is 47.5 Å². The number of hydrogen-bond acceptors (Lipinski definition) is 14. The van der Waals surface area contributed by atoms with Gasteiger partial charge in [-0.2, -0.15) is 0 Å². The highest BCUT2D eigenvalue weighted by Crippen LogP contribution is 2.19. The lowest BCUT2D eigenvalue weighted by Crippen LogP contribution is -2.61. The molecule has 72 heavy (non-hydrogen) atoms. The zero-order valence-corrected chi connectivity index (χ0v) is 39.9. The Balaban J connectivity index is 1.75. The van der Waals surface area contributed by atoms with Gasteiger partial charge in [-0.3, -0.25) is 52.7 Å².